The highest BCUT2D eigenvalue weighted by molar-refractivity contribution is 6.45. The summed E-state index contributed by atoms with van der Waals surface area (Å²) in [6.45, 7) is 2.12. The smallest absolute Gasteiger partial charge is 0.376 e. The second kappa shape index (κ2) is 6.28. The fourth-order valence-electron chi connectivity index (χ4n) is 4.57. The van der Waals surface area contributed by atoms with E-state index in [0.29, 0.717) is 24.5 Å². The van der Waals surface area contributed by atoms with Crippen molar-refractivity contribution in [3.8, 4) is 5.75 Å². The summed E-state index contributed by atoms with van der Waals surface area (Å²) >= 11 is 5.89. The van der Waals surface area contributed by atoms with Crippen molar-refractivity contribution in [1.29, 1.82) is 0 Å². The van der Waals surface area contributed by atoms with Crippen LogP contribution in [-0.4, -0.2) is 51.9 Å². The van der Waals surface area contributed by atoms with Crippen LogP contribution in [0.5, 0.6) is 5.75 Å². The summed E-state index contributed by atoms with van der Waals surface area (Å²) in [6, 6.07) is 1.60. The molecule has 1 N–H and O–H groups in total. The maximum absolute atomic E-state index is 15.4. The molecule has 2 bridgehead atoms. The number of fused-ring (bicyclic) bond motifs is 3. The zero-order valence-corrected chi connectivity index (χ0v) is 14.3. The van der Waals surface area contributed by atoms with Crippen molar-refractivity contribution in [1.82, 2.24) is 15.0 Å². The molecule has 5 nitrogen and oxygen atoms in total. The first-order chi connectivity index (χ1) is 11.6. The van der Waals surface area contributed by atoms with Crippen molar-refractivity contribution in [3.05, 3.63) is 23.0 Å². The van der Waals surface area contributed by atoms with Gasteiger partial charge in [-0.2, -0.15) is 0 Å². The van der Waals surface area contributed by atoms with E-state index in [1.54, 1.807) is 12.9 Å². The molecule has 2 saturated heterocycles. The van der Waals surface area contributed by atoms with Gasteiger partial charge in [-0.15, -0.1) is 10.2 Å². The van der Waals surface area contributed by atoms with Crippen molar-refractivity contribution >= 4 is 24.2 Å². The molecule has 4 rings (SSSR count). The molecule has 8 heteroatoms. The molecule has 1 aromatic rings. The molecular weight excluding hydrogens is 331 g/mol. The summed E-state index contributed by atoms with van der Waals surface area (Å²) in [5.74, 6) is 0.330. The van der Waals surface area contributed by atoms with Crippen LogP contribution >= 0.6 is 11.6 Å². The average molecular weight is 352 g/mol. The van der Waals surface area contributed by atoms with Crippen molar-refractivity contribution in [2.45, 2.75) is 50.8 Å². The number of ether oxygens (including phenoxy) is 1. The summed E-state index contributed by atoms with van der Waals surface area (Å²) < 4.78 is 21.0. The Balaban J connectivity index is 1.67. The van der Waals surface area contributed by atoms with E-state index < -0.39 is 13.2 Å². The van der Waals surface area contributed by atoms with Gasteiger partial charge in [0.1, 0.15) is 18.5 Å². The summed E-state index contributed by atoms with van der Waals surface area (Å²) in [4.78, 5) is 1.96. The van der Waals surface area contributed by atoms with Crippen LogP contribution in [0, 0.1) is 5.92 Å². The molecule has 1 aromatic heterocycles. The van der Waals surface area contributed by atoms with Gasteiger partial charge in [-0.05, 0) is 37.7 Å². The summed E-state index contributed by atoms with van der Waals surface area (Å²) in [5.41, 5.74) is 1.47. The predicted octanol–water partition coefficient (Wildman–Crippen LogP) is 2.60. The molecule has 0 spiro atoms. The molecule has 4 heterocycles. The molecule has 3 aliphatic rings. The van der Waals surface area contributed by atoms with Gasteiger partial charge in [0.25, 0.3) is 0 Å². The quantitative estimate of drug-likeness (QED) is 0.830. The Morgan fingerprint density at radius 3 is 3.04 bits per heavy atom. The first kappa shape index (κ1) is 16.3. The minimum absolute atomic E-state index is 0.202. The van der Waals surface area contributed by atoms with Gasteiger partial charge in [0, 0.05) is 24.1 Å². The van der Waals surface area contributed by atoms with E-state index in [0.717, 1.165) is 24.8 Å². The topological polar surface area (TPSA) is 58.5 Å². The standard InChI is InChI=1S/C16H20BClFN3O2/c1-17(23)22-9-3-2-4-12(22)15(19)11(7-9)10-5-6-24-13-8-14(18)20-21-16(10)13/h5,8-9,11-12,15,23H,2-4,6-7H2,1H3/t9?,11-,12?,15+/m0/s1. The van der Waals surface area contributed by atoms with E-state index in [1.165, 1.54) is 0 Å². The third-order valence-corrected chi connectivity index (χ3v) is 5.68. The highest BCUT2D eigenvalue weighted by Crippen LogP contribution is 2.46. The molecule has 2 unspecified atom stereocenters. The minimum atomic E-state index is -1.04. The average Bonchev–Trinajstić information content (AvgIpc) is 2.57. The first-order valence-corrected chi connectivity index (χ1v) is 8.90. The molecule has 0 aliphatic carbocycles. The van der Waals surface area contributed by atoms with E-state index in [2.05, 4.69) is 10.2 Å². The number of rotatable bonds is 2. The lowest BCUT2D eigenvalue weighted by atomic mass is 9.66. The molecule has 0 radical (unpaired) electrons. The summed E-state index contributed by atoms with van der Waals surface area (Å²) in [5, 5.41) is 18.4. The second-order valence-corrected chi connectivity index (χ2v) is 7.26. The van der Waals surface area contributed by atoms with Crippen LogP contribution in [0.15, 0.2) is 12.1 Å². The number of aromatic nitrogens is 2. The lowest BCUT2D eigenvalue weighted by Crippen LogP contribution is -2.62. The lowest BCUT2D eigenvalue weighted by molar-refractivity contribution is 0.0125. The maximum atomic E-state index is 15.4. The number of piperidine rings is 2. The lowest BCUT2D eigenvalue weighted by Gasteiger charge is -2.52. The van der Waals surface area contributed by atoms with Crippen LogP contribution in [-0.2, 0) is 0 Å². The van der Waals surface area contributed by atoms with Crippen molar-refractivity contribution in [2.24, 2.45) is 5.92 Å². The van der Waals surface area contributed by atoms with Crippen LogP contribution in [0.2, 0.25) is 12.0 Å². The van der Waals surface area contributed by atoms with Gasteiger partial charge >= 0.3 is 7.05 Å². The number of hydrogen-bond donors (Lipinski definition) is 1. The number of alkyl halides is 1. The number of nitrogens with zero attached hydrogens (tertiary/aromatic N) is 3. The minimum Gasteiger partial charge on any atom is -0.487 e. The molecule has 2 fully saturated rings. The van der Waals surface area contributed by atoms with Crippen LogP contribution < -0.4 is 4.74 Å². The molecule has 0 saturated carbocycles. The van der Waals surface area contributed by atoms with Gasteiger partial charge in [-0.1, -0.05) is 18.0 Å². The summed E-state index contributed by atoms with van der Waals surface area (Å²) in [6.07, 6.45) is 4.34. The van der Waals surface area contributed by atoms with Gasteiger partial charge in [0.05, 0.1) is 0 Å². The highest BCUT2D eigenvalue weighted by atomic mass is 35.5. The molecule has 3 aliphatic heterocycles. The van der Waals surface area contributed by atoms with Gasteiger partial charge in [-0.3, -0.25) is 0 Å². The Morgan fingerprint density at radius 1 is 1.42 bits per heavy atom. The van der Waals surface area contributed by atoms with Crippen LogP contribution in [0.1, 0.15) is 31.4 Å². The normalized spacial score (nSPS) is 32.6. The zero-order chi connectivity index (χ0) is 16.8. The van der Waals surface area contributed by atoms with E-state index in [1.807, 2.05) is 10.9 Å². The van der Waals surface area contributed by atoms with E-state index in [-0.39, 0.29) is 23.2 Å². The Morgan fingerprint density at radius 2 is 2.25 bits per heavy atom. The first-order valence-electron chi connectivity index (χ1n) is 8.52. The molecule has 0 aromatic carbocycles. The Kier molecular flexibility index (Phi) is 4.27. The highest BCUT2D eigenvalue weighted by Gasteiger charge is 2.49. The van der Waals surface area contributed by atoms with Crippen LogP contribution in [0.3, 0.4) is 0 Å². The zero-order valence-electron chi connectivity index (χ0n) is 13.5. The Hall–Kier alpha value is -1.18. The van der Waals surface area contributed by atoms with Gasteiger partial charge in [0.15, 0.2) is 10.9 Å². The number of halogens is 2. The Bertz CT molecular complexity index is 675. The molecular formula is C16H20BClFN3O2. The van der Waals surface area contributed by atoms with Crippen LogP contribution in [0.4, 0.5) is 4.39 Å². The molecule has 128 valence electrons. The third kappa shape index (κ3) is 2.63. The predicted molar refractivity (Wildman–Crippen MR) is 90.6 cm³/mol. The number of allylic oxidation sites excluding steroid dienone is 1. The van der Waals surface area contributed by atoms with Gasteiger partial charge < -0.3 is 14.6 Å². The third-order valence-electron chi connectivity index (χ3n) is 5.50. The molecule has 0 amide bonds. The maximum Gasteiger partial charge on any atom is 0.376 e. The fourth-order valence-corrected chi connectivity index (χ4v) is 4.71. The van der Waals surface area contributed by atoms with Crippen LogP contribution in [0.25, 0.3) is 5.57 Å². The molecule has 24 heavy (non-hydrogen) atoms. The second-order valence-electron chi connectivity index (χ2n) is 6.87. The van der Waals surface area contributed by atoms with Gasteiger partial charge in [0.2, 0.25) is 0 Å². The van der Waals surface area contributed by atoms with Crippen molar-refractivity contribution in [2.75, 3.05) is 6.61 Å². The van der Waals surface area contributed by atoms with Crippen molar-refractivity contribution < 1.29 is 14.2 Å². The van der Waals surface area contributed by atoms with Crippen molar-refractivity contribution in [3.63, 3.8) is 0 Å². The largest absolute Gasteiger partial charge is 0.487 e. The van der Waals surface area contributed by atoms with Gasteiger partial charge in [-0.25, -0.2) is 4.39 Å². The summed E-state index contributed by atoms with van der Waals surface area (Å²) in [7, 11) is -0.617. The Labute approximate surface area is 146 Å². The fraction of sp³-hybridized carbons (Fsp3) is 0.625. The number of hydrogen-bond acceptors (Lipinski definition) is 5. The molecule has 4 atom stereocenters. The SMILES string of the molecule is CB(O)N1C2CCCC1[C@H](F)[C@H](C1=CCOc3cc(Cl)nnc31)C2. The van der Waals surface area contributed by atoms with E-state index in [4.69, 9.17) is 16.3 Å². The van der Waals surface area contributed by atoms with E-state index >= 15 is 4.39 Å². The monoisotopic (exact) mass is 351 g/mol. The van der Waals surface area contributed by atoms with E-state index in [9.17, 15) is 5.02 Å².